The van der Waals surface area contributed by atoms with E-state index in [2.05, 4.69) is 20.4 Å². The van der Waals surface area contributed by atoms with Crippen LogP contribution in [0, 0.1) is 6.92 Å². The summed E-state index contributed by atoms with van der Waals surface area (Å²) < 4.78 is 10.7. The second kappa shape index (κ2) is 5.59. The molecule has 0 bridgehead atoms. The molecule has 1 amide bonds. The second-order valence-electron chi connectivity index (χ2n) is 6.73. The molecule has 7 nitrogen and oxygen atoms in total. The van der Waals surface area contributed by atoms with Gasteiger partial charge < -0.3 is 14.6 Å². The maximum absolute atomic E-state index is 12.1. The molecule has 0 aliphatic heterocycles. The molecule has 2 aromatic heterocycles. The summed E-state index contributed by atoms with van der Waals surface area (Å²) in [5.41, 5.74) is -1.14. The number of hydrogen-bond donors (Lipinski definition) is 1. The van der Waals surface area contributed by atoms with Crippen molar-refractivity contribution >= 4 is 17.4 Å². The molecular formula is C15H20N4O3S. The summed E-state index contributed by atoms with van der Waals surface area (Å²) in [7, 11) is 0. The Morgan fingerprint density at radius 2 is 2.17 bits per heavy atom. The molecule has 0 radical (unpaired) electrons. The molecule has 23 heavy (non-hydrogen) atoms. The zero-order valence-corrected chi connectivity index (χ0v) is 14.5. The van der Waals surface area contributed by atoms with Gasteiger partial charge in [0.1, 0.15) is 16.0 Å². The smallest absolute Gasteiger partial charge is 0.408 e. The largest absolute Gasteiger partial charge is 0.444 e. The predicted molar refractivity (Wildman–Crippen MR) is 85.0 cm³/mol. The Hall–Kier alpha value is -1.96. The number of carbonyl (C=O) groups excluding carboxylic acids is 1. The van der Waals surface area contributed by atoms with Crippen LogP contribution in [0.25, 0.3) is 10.8 Å². The van der Waals surface area contributed by atoms with Gasteiger partial charge in [0.25, 0.3) is 5.89 Å². The molecule has 0 atom stereocenters. The molecule has 0 spiro atoms. The van der Waals surface area contributed by atoms with Crippen LogP contribution in [-0.2, 0) is 10.3 Å². The first-order chi connectivity index (χ1) is 10.8. The van der Waals surface area contributed by atoms with E-state index in [1.165, 1.54) is 11.3 Å². The highest BCUT2D eigenvalue weighted by atomic mass is 32.1. The summed E-state index contributed by atoms with van der Waals surface area (Å²) in [4.78, 5) is 21.6. The summed E-state index contributed by atoms with van der Waals surface area (Å²) in [6, 6.07) is 0. The quantitative estimate of drug-likeness (QED) is 0.924. The Labute approximate surface area is 138 Å². The van der Waals surface area contributed by atoms with Crippen molar-refractivity contribution < 1.29 is 14.1 Å². The summed E-state index contributed by atoms with van der Waals surface area (Å²) >= 11 is 1.49. The number of hydrogen-bond acceptors (Lipinski definition) is 7. The molecule has 8 heteroatoms. The van der Waals surface area contributed by atoms with Crippen molar-refractivity contribution in [1.82, 2.24) is 20.4 Å². The highest BCUT2D eigenvalue weighted by Gasteiger charge is 2.45. The number of alkyl carbamates (subject to hydrolysis) is 1. The Kier molecular flexibility index (Phi) is 3.87. The van der Waals surface area contributed by atoms with E-state index < -0.39 is 17.2 Å². The number of aryl methyl sites for hydroxylation is 1. The van der Waals surface area contributed by atoms with Crippen molar-refractivity contribution in [3.05, 3.63) is 17.0 Å². The highest BCUT2D eigenvalue weighted by Crippen LogP contribution is 2.41. The number of aromatic nitrogens is 3. The molecule has 0 unspecified atom stereocenters. The average molecular weight is 336 g/mol. The van der Waals surface area contributed by atoms with Crippen molar-refractivity contribution in [2.75, 3.05) is 0 Å². The summed E-state index contributed by atoms with van der Waals surface area (Å²) in [5, 5.41) is 7.92. The van der Waals surface area contributed by atoms with E-state index in [9.17, 15) is 4.79 Å². The molecule has 0 saturated heterocycles. The Balaban J connectivity index is 1.78. The van der Waals surface area contributed by atoms with Gasteiger partial charge in [-0.2, -0.15) is 4.98 Å². The van der Waals surface area contributed by atoms with Gasteiger partial charge in [-0.25, -0.2) is 9.78 Å². The first kappa shape index (κ1) is 15.9. The average Bonchev–Trinajstić information content (AvgIpc) is 3.00. The Bertz CT molecular complexity index is 712. The lowest BCUT2D eigenvalue weighted by atomic mass is 9.76. The van der Waals surface area contributed by atoms with Gasteiger partial charge >= 0.3 is 6.09 Å². The lowest BCUT2D eigenvalue weighted by molar-refractivity contribution is 0.0362. The van der Waals surface area contributed by atoms with E-state index in [4.69, 9.17) is 9.26 Å². The van der Waals surface area contributed by atoms with Crippen molar-refractivity contribution in [1.29, 1.82) is 0 Å². The molecule has 1 saturated carbocycles. The van der Waals surface area contributed by atoms with Crippen molar-refractivity contribution in [3.8, 4) is 10.8 Å². The minimum atomic E-state index is -0.593. The third-order valence-corrected chi connectivity index (χ3v) is 4.53. The molecule has 1 aliphatic rings. The summed E-state index contributed by atoms with van der Waals surface area (Å²) in [5.74, 6) is 0.929. The van der Waals surface area contributed by atoms with Crippen LogP contribution >= 0.6 is 11.3 Å². The maximum atomic E-state index is 12.1. The zero-order valence-electron chi connectivity index (χ0n) is 13.7. The topological polar surface area (TPSA) is 90.1 Å². The van der Waals surface area contributed by atoms with E-state index in [1.54, 1.807) is 6.20 Å². The van der Waals surface area contributed by atoms with Gasteiger partial charge in [-0.05, 0) is 47.0 Å². The number of thiazole rings is 1. The first-order valence-corrected chi connectivity index (χ1v) is 8.37. The lowest BCUT2D eigenvalue weighted by Crippen LogP contribution is -2.52. The Morgan fingerprint density at radius 3 is 2.70 bits per heavy atom. The molecule has 124 valence electrons. The minimum Gasteiger partial charge on any atom is -0.444 e. The van der Waals surface area contributed by atoms with Gasteiger partial charge in [-0.1, -0.05) is 5.16 Å². The number of nitrogens with one attached hydrogen (secondary N) is 1. The van der Waals surface area contributed by atoms with Crippen molar-refractivity contribution in [2.45, 2.75) is 58.1 Å². The summed E-state index contributed by atoms with van der Waals surface area (Å²) in [6.45, 7) is 7.42. The number of nitrogens with zero attached hydrogens (tertiary/aromatic N) is 3. The van der Waals surface area contributed by atoms with E-state index in [0.29, 0.717) is 11.7 Å². The van der Waals surface area contributed by atoms with E-state index in [0.717, 1.165) is 29.1 Å². The number of amides is 1. The van der Waals surface area contributed by atoms with Crippen molar-refractivity contribution in [2.24, 2.45) is 0 Å². The standard InChI is InChI=1S/C15H20N4O3S/c1-9-16-8-10(23-9)11-17-12(19-22-11)15(6-5-7-15)18-13(20)21-14(2,3)4/h8H,5-7H2,1-4H3,(H,18,20). The Morgan fingerprint density at radius 1 is 1.43 bits per heavy atom. The molecule has 1 fully saturated rings. The van der Waals surface area contributed by atoms with Gasteiger partial charge in [0.15, 0.2) is 5.82 Å². The number of carbonyl (C=O) groups is 1. The molecule has 1 aliphatic carbocycles. The normalized spacial score (nSPS) is 16.7. The van der Waals surface area contributed by atoms with E-state index in [1.807, 2.05) is 27.7 Å². The molecule has 0 aromatic carbocycles. The third-order valence-electron chi connectivity index (χ3n) is 3.63. The van der Waals surface area contributed by atoms with Crippen LogP contribution in [0.3, 0.4) is 0 Å². The molecule has 1 N–H and O–H groups in total. The van der Waals surface area contributed by atoms with Crippen LogP contribution in [0.5, 0.6) is 0 Å². The zero-order chi connectivity index (χ0) is 16.7. The molecule has 2 aromatic rings. The van der Waals surface area contributed by atoms with Gasteiger partial charge in [0, 0.05) is 0 Å². The fraction of sp³-hybridized carbons (Fsp3) is 0.600. The fourth-order valence-corrected chi connectivity index (χ4v) is 3.11. The summed E-state index contributed by atoms with van der Waals surface area (Å²) in [6.07, 6.45) is 3.79. The molecule has 3 rings (SSSR count). The first-order valence-electron chi connectivity index (χ1n) is 7.56. The van der Waals surface area contributed by atoms with Gasteiger partial charge in [-0.15, -0.1) is 11.3 Å². The van der Waals surface area contributed by atoms with Crippen molar-refractivity contribution in [3.63, 3.8) is 0 Å². The maximum Gasteiger partial charge on any atom is 0.408 e. The lowest BCUT2D eigenvalue weighted by Gasteiger charge is -2.39. The van der Waals surface area contributed by atoms with Crippen LogP contribution in [0.4, 0.5) is 4.79 Å². The van der Waals surface area contributed by atoms with Gasteiger partial charge in [-0.3, -0.25) is 0 Å². The molecule has 2 heterocycles. The van der Waals surface area contributed by atoms with Crippen LogP contribution in [-0.4, -0.2) is 26.8 Å². The minimum absolute atomic E-state index is 0.433. The fourth-order valence-electron chi connectivity index (χ4n) is 2.41. The monoisotopic (exact) mass is 336 g/mol. The number of ether oxygens (including phenoxy) is 1. The number of rotatable bonds is 3. The van der Waals surface area contributed by atoms with E-state index in [-0.39, 0.29) is 0 Å². The van der Waals surface area contributed by atoms with Crippen LogP contribution in [0.1, 0.15) is 50.9 Å². The highest BCUT2D eigenvalue weighted by molar-refractivity contribution is 7.14. The van der Waals surface area contributed by atoms with E-state index >= 15 is 0 Å². The predicted octanol–water partition coefficient (Wildman–Crippen LogP) is 3.41. The SMILES string of the molecule is Cc1ncc(-c2nc(C3(NC(=O)OC(C)(C)C)CCC3)no2)s1. The van der Waals surface area contributed by atoms with Crippen LogP contribution in [0.2, 0.25) is 0 Å². The van der Waals surface area contributed by atoms with Crippen LogP contribution < -0.4 is 5.32 Å². The third kappa shape index (κ3) is 3.36. The molecular weight excluding hydrogens is 316 g/mol. The second-order valence-corrected chi connectivity index (χ2v) is 7.96. The van der Waals surface area contributed by atoms with Gasteiger partial charge in [0.05, 0.1) is 11.2 Å². The van der Waals surface area contributed by atoms with Gasteiger partial charge in [0.2, 0.25) is 0 Å². The van der Waals surface area contributed by atoms with Crippen LogP contribution in [0.15, 0.2) is 10.7 Å².